The average Bonchev–Trinajstić information content (AvgIpc) is 2.28. The number of hydrogen-bond donors (Lipinski definition) is 2. The first kappa shape index (κ1) is 13.3. The fraction of sp³-hybridized carbons (Fsp3) is 0.700. The lowest BCUT2D eigenvalue weighted by atomic mass is 10.3. The van der Waals surface area contributed by atoms with E-state index < -0.39 is 18.0 Å². The summed E-state index contributed by atoms with van der Waals surface area (Å²) in [6.07, 6.45) is 0. The molecule has 7 heteroatoms. The van der Waals surface area contributed by atoms with Crippen LogP contribution >= 0.6 is 0 Å². The van der Waals surface area contributed by atoms with Crippen LogP contribution in [0.3, 0.4) is 0 Å². The topological polar surface area (TPSA) is 90.0 Å². The van der Waals surface area contributed by atoms with Gasteiger partial charge in [0.05, 0.1) is 0 Å². The molecule has 0 unspecified atom stereocenters. The highest BCUT2D eigenvalue weighted by Gasteiger charge is 2.24. The lowest BCUT2D eigenvalue weighted by Crippen LogP contribution is -2.54. The van der Waals surface area contributed by atoms with Gasteiger partial charge in [-0.15, -0.1) is 0 Å². The van der Waals surface area contributed by atoms with E-state index in [0.29, 0.717) is 26.2 Å². The number of carbonyl (C=O) groups excluding carboxylic acids is 2. The standard InChI is InChI=1S/C10H17N3O4/c1-7(9(15)16)11-10(17)13-5-3-12(4-6-13)8(2)14/h7H,3-6H2,1-2H3,(H,11,17)(H,15,16)/t7-/m1/s1. The summed E-state index contributed by atoms with van der Waals surface area (Å²) in [6.45, 7) is 4.73. The molecule has 0 saturated carbocycles. The molecule has 1 aliphatic heterocycles. The molecule has 1 aliphatic rings. The van der Waals surface area contributed by atoms with Gasteiger partial charge in [-0.25, -0.2) is 4.79 Å². The number of carbonyl (C=O) groups is 3. The number of rotatable bonds is 2. The van der Waals surface area contributed by atoms with Crippen LogP contribution < -0.4 is 5.32 Å². The molecule has 0 aromatic heterocycles. The third-order valence-electron chi connectivity index (χ3n) is 2.72. The predicted octanol–water partition coefficient (Wildman–Crippen LogP) is -0.667. The van der Waals surface area contributed by atoms with Crippen LogP contribution in [0.15, 0.2) is 0 Å². The molecule has 0 aromatic carbocycles. The second-order valence-electron chi connectivity index (χ2n) is 4.00. The summed E-state index contributed by atoms with van der Waals surface area (Å²) in [5.41, 5.74) is 0. The van der Waals surface area contributed by atoms with Crippen molar-refractivity contribution < 1.29 is 19.5 Å². The fourth-order valence-corrected chi connectivity index (χ4v) is 1.56. The molecule has 1 saturated heterocycles. The first-order chi connectivity index (χ1) is 7.91. The number of urea groups is 1. The van der Waals surface area contributed by atoms with Crippen molar-refractivity contribution in [3.63, 3.8) is 0 Å². The van der Waals surface area contributed by atoms with Gasteiger partial charge < -0.3 is 20.2 Å². The lowest BCUT2D eigenvalue weighted by molar-refractivity contribution is -0.138. The zero-order valence-corrected chi connectivity index (χ0v) is 9.97. The van der Waals surface area contributed by atoms with Crippen molar-refractivity contribution in [1.82, 2.24) is 15.1 Å². The van der Waals surface area contributed by atoms with Crippen LogP contribution in [-0.2, 0) is 9.59 Å². The van der Waals surface area contributed by atoms with E-state index in [0.717, 1.165) is 0 Å². The quantitative estimate of drug-likeness (QED) is 0.673. The highest BCUT2D eigenvalue weighted by Crippen LogP contribution is 2.02. The first-order valence-electron chi connectivity index (χ1n) is 5.45. The molecular weight excluding hydrogens is 226 g/mol. The maximum absolute atomic E-state index is 11.6. The number of carboxylic acid groups (broad SMARTS) is 1. The van der Waals surface area contributed by atoms with Crippen LogP contribution in [0.2, 0.25) is 0 Å². The molecule has 7 nitrogen and oxygen atoms in total. The minimum atomic E-state index is -1.07. The summed E-state index contributed by atoms with van der Waals surface area (Å²) in [5.74, 6) is -1.08. The Morgan fingerprint density at radius 3 is 2.00 bits per heavy atom. The van der Waals surface area contributed by atoms with Crippen molar-refractivity contribution in [3.05, 3.63) is 0 Å². The predicted molar refractivity (Wildman–Crippen MR) is 59.5 cm³/mol. The third kappa shape index (κ3) is 3.61. The molecule has 0 spiro atoms. The van der Waals surface area contributed by atoms with Gasteiger partial charge in [0.2, 0.25) is 5.91 Å². The minimum absolute atomic E-state index is 0.0102. The van der Waals surface area contributed by atoms with Crippen molar-refractivity contribution in [2.24, 2.45) is 0 Å². The van der Waals surface area contributed by atoms with Crippen molar-refractivity contribution in [2.45, 2.75) is 19.9 Å². The van der Waals surface area contributed by atoms with Gasteiger partial charge in [0.15, 0.2) is 0 Å². The van der Waals surface area contributed by atoms with Gasteiger partial charge in [-0.05, 0) is 6.92 Å². The molecule has 17 heavy (non-hydrogen) atoms. The van der Waals surface area contributed by atoms with Crippen LogP contribution in [0.1, 0.15) is 13.8 Å². The van der Waals surface area contributed by atoms with Crippen LogP contribution in [-0.4, -0.2) is 65.0 Å². The summed E-state index contributed by atoms with van der Waals surface area (Å²) >= 11 is 0. The van der Waals surface area contributed by atoms with E-state index in [2.05, 4.69) is 5.32 Å². The Bertz CT molecular complexity index is 324. The number of nitrogens with zero attached hydrogens (tertiary/aromatic N) is 2. The Morgan fingerprint density at radius 2 is 1.59 bits per heavy atom. The normalized spacial score (nSPS) is 17.5. The van der Waals surface area contributed by atoms with E-state index in [1.54, 1.807) is 4.90 Å². The molecular formula is C10H17N3O4. The second-order valence-corrected chi connectivity index (χ2v) is 4.00. The van der Waals surface area contributed by atoms with Gasteiger partial charge in [-0.1, -0.05) is 0 Å². The largest absolute Gasteiger partial charge is 0.480 e. The number of piperazine rings is 1. The Hall–Kier alpha value is -1.79. The number of aliphatic carboxylic acids is 1. The van der Waals surface area contributed by atoms with E-state index in [4.69, 9.17) is 5.11 Å². The SMILES string of the molecule is CC(=O)N1CCN(C(=O)N[C@H](C)C(=O)O)CC1. The molecule has 1 fully saturated rings. The summed E-state index contributed by atoms with van der Waals surface area (Å²) in [4.78, 5) is 36.5. The molecule has 1 heterocycles. The van der Waals surface area contributed by atoms with E-state index >= 15 is 0 Å². The van der Waals surface area contributed by atoms with E-state index in [9.17, 15) is 14.4 Å². The molecule has 3 amide bonds. The van der Waals surface area contributed by atoms with Crippen LogP contribution in [0.4, 0.5) is 4.79 Å². The van der Waals surface area contributed by atoms with Crippen molar-refractivity contribution in [3.8, 4) is 0 Å². The van der Waals surface area contributed by atoms with Crippen molar-refractivity contribution in [1.29, 1.82) is 0 Å². The van der Waals surface area contributed by atoms with E-state index in [1.807, 2.05) is 0 Å². The van der Waals surface area contributed by atoms with Crippen molar-refractivity contribution >= 4 is 17.9 Å². The van der Waals surface area contributed by atoms with E-state index in [1.165, 1.54) is 18.7 Å². The number of carboxylic acids is 1. The van der Waals surface area contributed by atoms with Gasteiger partial charge in [-0.2, -0.15) is 0 Å². The van der Waals surface area contributed by atoms with E-state index in [-0.39, 0.29) is 5.91 Å². The molecule has 0 bridgehead atoms. The summed E-state index contributed by atoms with van der Waals surface area (Å²) in [6, 6.07) is -1.31. The average molecular weight is 243 g/mol. The molecule has 1 atom stereocenters. The number of nitrogens with one attached hydrogen (secondary N) is 1. The molecule has 1 rings (SSSR count). The van der Waals surface area contributed by atoms with Gasteiger partial charge in [0.1, 0.15) is 6.04 Å². The molecule has 2 N–H and O–H groups in total. The Kier molecular flexibility index (Phi) is 4.30. The lowest BCUT2D eigenvalue weighted by Gasteiger charge is -2.34. The second kappa shape index (κ2) is 5.51. The number of amides is 3. The zero-order chi connectivity index (χ0) is 13.0. The maximum atomic E-state index is 11.6. The minimum Gasteiger partial charge on any atom is -0.480 e. The highest BCUT2D eigenvalue weighted by molar-refractivity contribution is 5.82. The van der Waals surface area contributed by atoms with Crippen LogP contribution in [0.25, 0.3) is 0 Å². The molecule has 0 radical (unpaired) electrons. The monoisotopic (exact) mass is 243 g/mol. The number of hydrogen-bond acceptors (Lipinski definition) is 3. The van der Waals surface area contributed by atoms with Crippen LogP contribution in [0.5, 0.6) is 0 Å². The smallest absolute Gasteiger partial charge is 0.325 e. The Labute approximate surface area is 99.4 Å². The first-order valence-corrected chi connectivity index (χ1v) is 5.45. The van der Waals surface area contributed by atoms with Gasteiger partial charge >= 0.3 is 12.0 Å². The summed E-state index contributed by atoms with van der Waals surface area (Å²) in [7, 11) is 0. The van der Waals surface area contributed by atoms with Gasteiger partial charge in [0, 0.05) is 33.1 Å². The van der Waals surface area contributed by atoms with Gasteiger partial charge in [-0.3, -0.25) is 9.59 Å². The summed E-state index contributed by atoms with van der Waals surface area (Å²) < 4.78 is 0. The third-order valence-corrected chi connectivity index (χ3v) is 2.72. The van der Waals surface area contributed by atoms with Crippen LogP contribution in [0, 0.1) is 0 Å². The molecule has 0 aliphatic carbocycles. The molecule has 0 aromatic rings. The Balaban J connectivity index is 2.41. The van der Waals surface area contributed by atoms with Crippen molar-refractivity contribution in [2.75, 3.05) is 26.2 Å². The fourth-order valence-electron chi connectivity index (χ4n) is 1.56. The Morgan fingerprint density at radius 1 is 1.12 bits per heavy atom. The zero-order valence-electron chi connectivity index (χ0n) is 9.97. The summed E-state index contributed by atoms with van der Waals surface area (Å²) in [5, 5.41) is 11.0. The van der Waals surface area contributed by atoms with Gasteiger partial charge in [0.25, 0.3) is 0 Å². The highest BCUT2D eigenvalue weighted by atomic mass is 16.4. The maximum Gasteiger partial charge on any atom is 0.325 e. The molecule has 96 valence electrons.